The van der Waals surface area contributed by atoms with Gasteiger partial charge < -0.3 is 14.6 Å². The number of aliphatic hydroxyl groups is 1. The van der Waals surface area contributed by atoms with Gasteiger partial charge in [0.15, 0.2) is 0 Å². The average Bonchev–Trinajstić information content (AvgIpc) is 2.99. The molecule has 3 heteroatoms. The van der Waals surface area contributed by atoms with E-state index in [0.29, 0.717) is 12.2 Å². The first-order valence-electron chi connectivity index (χ1n) is 5.76. The number of hydrogen-bond acceptors (Lipinski definition) is 3. The third-order valence-electron chi connectivity index (χ3n) is 2.96. The number of rotatable bonds is 5. The maximum atomic E-state index is 9.30. The molecule has 0 bridgehead atoms. The van der Waals surface area contributed by atoms with Gasteiger partial charge in [-0.15, -0.1) is 0 Å². The smallest absolute Gasteiger partial charge is 0.0704 e. The van der Waals surface area contributed by atoms with Crippen molar-refractivity contribution < 1.29 is 14.6 Å². The topological polar surface area (TPSA) is 38.7 Å². The minimum Gasteiger partial charge on any atom is -0.393 e. The van der Waals surface area contributed by atoms with Crippen molar-refractivity contribution in [3.63, 3.8) is 0 Å². The fraction of sp³-hybridized carbons (Fsp3) is 1.00. The van der Waals surface area contributed by atoms with Gasteiger partial charge >= 0.3 is 0 Å². The first-order valence-corrected chi connectivity index (χ1v) is 5.76. The first kappa shape index (κ1) is 10.4. The lowest BCUT2D eigenvalue weighted by atomic mass is 9.95. The van der Waals surface area contributed by atoms with E-state index in [1.807, 2.05) is 0 Å². The number of ether oxygens (including phenoxy) is 2. The van der Waals surface area contributed by atoms with Crippen LogP contribution in [0.15, 0.2) is 0 Å². The molecule has 0 unspecified atom stereocenters. The van der Waals surface area contributed by atoms with E-state index in [0.717, 1.165) is 38.9 Å². The van der Waals surface area contributed by atoms with Crippen LogP contribution in [0.1, 0.15) is 38.5 Å². The second-order valence-corrected chi connectivity index (χ2v) is 4.37. The number of aliphatic hydroxyl groups excluding tert-OH is 1. The Kier molecular flexibility index (Phi) is 3.79. The molecule has 0 aromatic heterocycles. The van der Waals surface area contributed by atoms with Gasteiger partial charge in [-0.05, 0) is 38.5 Å². The van der Waals surface area contributed by atoms with Gasteiger partial charge in [0.1, 0.15) is 0 Å². The lowest BCUT2D eigenvalue weighted by Crippen LogP contribution is -2.25. The highest BCUT2D eigenvalue weighted by molar-refractivity contribution is 4.73. The van der Waals surface area contributed by atoms with Crippen LogP contribution >= 0.6 is 0 Å². The zero-order chi connectivity index (χ0) is 9.80. The molecule has 0 radical (unpaired) electrons. The van der Waals surface area contributed by atoms with Crippen molar-refractivity contribution >= 4 is 0 Å². The molecule has 14 heavy (non-hydrogen) atoms. The third-order valence-corrected chi connectivity index (χ3v) is 2.96. The molecule has 82 valence electrons. The van der Waals surface area contributed by atoms with Crippen molar-refractivity contribution in [1.29, 1.82) is 0 Å². The molecule has 0 aliphatic heterocycles. The van der Waals surface area contributed by atoms with E-state index in [1.54, 1.807) is 0 Å². The molecule has 1 N–H and O–H groups in total. The maximum absolute atomic E-state index is 9.30. The molecule has 0 spiro atoms. The van der Waals surface area contributed by atoms with Crippen LogP contribution in [0.4, 0.5) is 0 Å². The van der Waals surface area contributed by atoms with Crippen molar-refractivity contribution in [3.05, 3.63) is 0 Å². The molecular formula is C11H20O3. The van der Waals surface area contributed by atoms with E-state index in [9.17, 15) is 5.11 Å². The van der Waals surface area contributed by atoms with Crippen molar-refractivity contribution in [2.75, 3.05) is 13.2 Å². The van der Waals surface area contributed by atoms with Crippen LogP contribution in [0.25, 0.3) is 0 Å². The Morgan fingerprint density at radius 3 is 1.64 bits per heavy atom. The van der Waals surface area contributed by atoms with E-state index in [2.05, 4.69) is 0 Å². The fourth-order valence-electron chi connectivity index (χ4n) is 1.88. The normalized spacial score (nSPS) is 33.2. The highest BCUT2D eigenvalue weighted by Gasteiger charge is 2.22. The predicted molar refractivity (Wildman–Crippen MR) is 53.2 cm³/mol. The van der Waals surface area contributed by atoms with Gasteiger partial charge in [0, 0.05) is 0 Å². The van der Waals surface area contributed by atoms with Crippen molar-refractivity contribution in [1.82, 2.24) is 0 Å². The summed E-state index contributed by atoms with van der Waals surface area (Å²) >= 11 is 0. The molecule has 2 aliphatic carbocycles. The minimum atomic E-state index is -0.0856. The average molecular weight is 200 g/mol. The van der Waals surface area contributed by atoms with Crippen LogP contribution < -0.4 is 0 Å². The third kappa shape index (κ3) is 3.56. The van der Waals surface area contributed by atoms with Gasteiger partial charge in [-0.25, -0.2) is 0 Å². The lowest BCUT2D eigenvalue weighted by molar-refractivity contribution is -0.0308. The van der Waals surface area contributed by atoms with Gasteiger partial charge in [-0.2, -0.15) is 0 Å². The van der Waals surface area contributed by atoms with Crippen LogP contribution in [-0.2, 0) is 9.47 Å². The summed E-state index contributed by atoms with van der Waals surface area (Å²) in [6, 6.07) is 0. The van der Waals surface area contributed by atoms with E-state index < -0.39 is 0 Å². The Morgan fingerprint density at radius 1 is 0.786 bits per heavy atom. The molecule has 2 rings (SSSR count). The molecule has 2 aliphatic rings. The summed E-state index contributed by atoms with van der Waals surface area (Å²) in [6.45, 7) is 1.46. The van der Waals surface area contributed by atoms with E-state index in [1.165, 1.54) is 12.8 Å². The van der Waals surface area contributed by atoms with Gasteiger partial charge in [-0.3, -0.25) is 0 Å². The van der Waals surface area contributed by atoms with E-state index in [4.69, 9.17) is 9.47 Å². The summed E-state index contributed by atoms with van der Waals surface area (Å²) in [5.74, 6) is 0. The lowest BCUT2D eigenvalue weighted by Gasteiger charge is -2.25. The molecule has 0 amide bonds. The molecule has 0 heterocycles. The summed E-state index contributed by atoms with van der Waals surface area (Å²) in [7, 11) is 0. The summed E-state index contributed by atoms with van der Waals surface area (Å²) in [4.78, 5) is 0. The van der Waals surface area contributed by atoms with Crippen molar-refractivity contribution in [2.45, 2.75) is 56.8 Å². The summed E-state index contributed by atoms with van der Waals surface area (Å²) in [6.07, 6.45) is 7.08. The SMILES string of the molecule is OC1CCC(OCCOC2CC2)CC1. The molecule has 3 nitrogen and oxygen atoms in total. The summed E-state index contributed by atoms with van der Waals surface area (Å²) in [5.41, 5.74) is 0. The van der Waals surface area contributed by atoms with E-state index in [-0.39, 0.29) is 6.10 Å². The van der Waals surface area contributed by atoms with E-state index >= 15 is 0 Å². The fourth-order valence-corrected chi connectivity index (χ4v) is 1.88. The Hall–Kier alpha value is -0.120. The zero-order valence-corrected chi connectivity index (χ0v) is 8.65. The molecule has 0 aromatic rings. The van der Waals surface area contributed by atoms with Crippen LogP contribution in [0.3, 0.4) is 0 Å². The number of hydrogen-bond donors (Lipinski definition) is 1. The molecule has 0 saturated heterocycles. The van der Waals surface area contributed by atoms with Crippen LogP contribution in [-0.4, -0.2) is 36.6 Å². The Bertz CT molecular complexity index is 160. The first-order chi connectivity index (χ1) is 6.84. The zero-order valence-electron chi connectivity index (χ0n) is 8.65. The van der Waals surface area contributed by atoms with Gasteiger partial charge in [0.2, 0.25) is 0 Å². The van der Waals surface area contributed by atoms with Gasteiger partial charge in [0.05, 0.1) is 31.5 Å². The van der Waals surface area contributed by atoms with Crippen LogP contribution in [0.5, 0.6) is 0 Å². The monoisotopic (exact) mass is 200 g/mol. The van der Waals surface area contributed by atoms with Gasteiger partial charge in [0.25, 0.3) is 0 Å². The predicted octanol–water partition coefficient (Wildman–Crippen LogP) is 1.49. The largest absolute Gasteiger partial charge is 0.393 e. The Labute approximate surface area is 85.4 Å². The van der Waals surface area contributed by atoms with Crippen LogP contribution in [0.2, 0.25) is 0 Å². The highest BCUT2D eigenvalue weighted by atomic mass is 16.5. The molecule has 0 aromatic carbocycles. The summed E-state index contributed by atoms with van der Waals surface area (Å²) in [5, 5.41) is 9.30. The second kappa shape index (κ2) is 5.10. The quantitative estimate of drug-likeness (QED) is 0.683. The van der Waals surface area contributed by atoms with Crippen molar-refractivity contribution in [2.24, 2.45) is 0 Å². The van der Waals surface area contributed by atoms with Crippen molar-refractivity contribution in [3.8, 4) is 0 Å². The second-order valence-electron chi connectivity index (χ2n) is 4.37. The summed E-state index contributed by atoms with van der Waals surface area (Å²) < 4.78 is 11.2. The van der Waals surface area contributed by atoms with Crippen LogP contribution in [0, 0.1) is 0 Å². The molecular weight excluding hydrogens is 180 g/mol. The standard InChI is InChI=1S/C11H20O3/c12-9-1-3-10(4-2-9)13-7-8-14-11-5-6-11/h9-12H,1-8H2. The molecule has 2 saturated carbocycles. The minimum absolute atomic E-state index is 0.0856. The molecule has 0 atom stereocenters. The highest BCUT2D eigenvalue weighted by Crippen LogP contribution is 2.24. The molecule has 2 fully saturated rings. The maximum Gasteiger partial charge on any atom is 0.0704 e. The Balaban J connectivity index is 1.47. The van der Waals surface area contributed by atoms with Gasteiger partial charge in [-0.1, -0.05) is 0 Å². The Morgan fingerprint density at radius 2 is 1.21 bits per heavy atom.